The van der Waals surface area contributed by atoms with Crippen molar-refractivity contribution >= 4 is 29.0 Å². The number of aromatic amines is 1. The van der Waals surface area contributed by atoms with Crippen LogP contribution in [0.2, 0.25) is 0 Å². The first-order chi connectivity index (χ1) is 10.7. The maximum atomic E-state index is 11.6. The third-order valence-corrected chi connectivity index (χ3v) is 2.83. The summed E-state index contributed by atoms with van der Waals surface area (Å²) in [7, 11) is 0. The Bertz CT molecular complexity index is 800. The van der Waals surface area contributed by atoms with Crippen LogP contribution in [0.4, 0.5) is 0 Å². The number of hydrogen-bond acceptors (Lipinski definition) is 4. The van der Waals surface area contributed by atoms with Crippen LogP contribution in [0.5, 0.6) is 0 Å². The fourth-order valence-electron chi connectivity index (χ4n) is 1.81. The second-order valence-corrected chi connectivity index (χ2v) is 4.38. The van der Waals surface area contributed by atoms with E-state index in [9.17, 15) is 9.59 Å². The zero-order chi connectivity index (χ0) is 15.4. The first-order valence-electron chi connectivity index (χ1n) is 6.50. The molecule has 2 heterocycles. The van der Waals surface area contributed by atoms with Crippen LogP contribution >= 0.6 is 0 Å². The summed E-state index contributed by atoms with van der Waals surface area (Å²) in [5.74, 6) is -0.622. The molecular formula is C15H12N4O3. The van der Waals surface area contributed by atoms with Crippen molar-refractivity contribution in [2.45, 2.75) is 0 Å². The van der Waals surface area contributed by atoms with Crippen molar-refractivity contribution in [3.63, 3.8) is 0 Å². The molecule has 3 rings (SSSR count). The number of rotatable bonds is 3. The lowest BCUT2D eigenvalue weighted by molar-refractivity contribution is -0.117. The monoisotopic (exact) mass is 296 g/mol. The number of oxazole rings is 1. The van der Waals surface area contributed by atoms with Crippen molar-refractivity contribution in [1.82, 2.24) is 20.8 Å². The molecule has 110 valence electrons. The van der Waals surface area contributed by atoms with Crippen LogP contribution in [-0.2, 0) is 4.79 Å². The van der Waals surface area contributed by atoms with Crippen LogP contribution in [0.1, 0.15) is 16.4 Å². The molecule has 0 saturated carbocycles. The van der Waals surface area contributed by atoms with E-state index < -0.39 is 11.8 Å². The van der Waals surface area contributed by atoms with Crippen molar-refractivity contribution in [1.29, 1.82) is 0 Å². The number of amides is 2. The molecule has 0 atom stereocenters. The summed E-state index contributed by atoms with van der Waals surface area (Å²) < 4.78 is 5.43. The minimum atomic E-state index is -0.498. The third kappa shape index (κ3) is 3.04. The number of hydrazine groups is 1. The molecule has 0 fully saturated rings. The molecule has 0 saturated heterocycles. The number of nitrogens with zero attached hydrogens (tertiary/aromatic N) is 1. The molecule has 0 spiro atoms. The fourth-order valence-corrected chi connectivity index (χ4v) is 1.81. The smallest absolute Gasteiger partial charge is 0.286 e. The molecular weight excluding hydrogens is 284 g/mol. The van der Waals surface area contributed by atoms with Crippen molar-refractivity contribution in [2.24, 2.45) is 0 Å². The number of nitrogens with one attached hydrogen (secondary N) is 3. The summed E-state index contributed by atoms with van der Waals surface area (Å²) in [6.45, 7) is 0. The second-order valence-electron chi connectivity index (χ2n) is 4.38. The van der Waals surface area contributed by atoms with Crippen LogP contribution in [0.25, 0.3) is 17.2 Å². The topological polar surface area (TPSA) is 100 Å². The Balaban J connectivity index is 1.58. The summed E-state index contributed by atoms with van der Waals surface area (Å²) >= 11 is 0. The Kier molecular flexibility index (Phi) is 3.69. The van der Waals surface area contributed by atoms with Gasteiger partial charge in [-0.3, -0.25) is 20.4 Å². The van der Waals surface area contributed by atoms with Gasteiger partial charge < -0.3 is 9.40 Å². The van der Waals surface area contributed by atoms with Crippen LogP contribution < -0.4 is 10.9 Å². The minimum Gasteiger partial charge on any atom is -0.437 e. The summed E-state index contributed by atoms with van der Waals surface area (Å²) in [5.41, 5.74) is 6.24. The van der Waals surface area contributed by atoms with Gasteiger partial charge in [0, 0.05) is 18.3 Å². The van der Waals surface area contributed by atoms with E-state index in [0.717, 1.165) is 0 Å². The molecule has 0 unspecified atom stereocenters. The molecule has 0 aliphatic rings. The zero-order valence-corrected chi connectivity index (χ0v) is 11.4. The van der Waals surface area contributed by atoms with Gasteiger partial charge >= 0.3 is 0 Å². The van der Waals surface area contributed by atoms with Gasteiger partial charge in [-0.05, 0) is 24.3 Å². The van der Waals surface area contributed by atoms with E-state index in [1.54, 1.807) is 24.4 Å². The number of carbonyl (C=O) groups is 2. The predicted octanol–water partition coefficient (Wildman–Crippen LogP) is 1.63. The maximum absolute atomic E-state index is 11.6. The highest BCUT2D eigenvalue weighted by Crippen LogP contribution is 2.15. The van der Waals surface area contributed by atoms with Crippen molar-refractivity contribution in [3.8, 4) is 0 Å². The number of aromatic nitrogens is 2. The standard InChI is InChI=1S/C15H12N4O3/c20-13(18-19-15(21)11-5-3-9-16-11)7-8-14-17-10-4-1-2-6-12(10)22-14/h1-9,16H,(H,18,20)(H,19,21)/b8-7+. The van der Waals surface area contributed by atoms with Crippen molar-refractivity contribution < 1.29 is 14.0 Å². The van der Waals surface area contributed by atoms with Crippen LogP contribution in [-0.4, -0.2) is 21.8 Å². The highest BCUT2D eigenvalue weighted by molar-refractivity contribution is 5.96. The lowest BCUT2D eigenvalue weighted by atomic mass is 10.3. The Morgan fingerprint density at radius 1 is 1.14 bits per heavy atom. The van der Waals surface area contributed by atoms with Gasteiger partial charge in [-0.25, -0.2) is 4.98 Å². The van der Waals surface area contributed by atoms with Crippen LogP contribution in [0, 0.1) is 0 Å². The molecule has 2 amide bonds. The largest absolute Gasteiger partial charge is 0.437 e. The fraction of sp³-hybridized carbons (Fsp3) is 0. The third-order valence-electron chi connectivity index (χ3n) is 2.83. The number of benzene rings is 1. The van der Waals surface area contributed by atoms with Crippen LogP contribution in [0.3, 0.4) is 0 Å². The normalized spacial score (nSPS) is 10.9. The first-order valence-corrected chi connectivity index (χ1v) is 6.50. The average molecular weight is 296 g/mol. The van der Waals surface area contributed by atoms with E-state index in [1.165, 1.54) is 12.2 Å². The van der Waals surface area contributed by atoms with Crippen molar-refractivity contribution in [3.05, 3.63) is 60.3 Å². The van der Waals surface area contributed by atoms with E-state index in [-0.39, 0.29) is 0 Å². The number of fused-ring (bicyclic) bond motifs is 1. The first kappa shape index (κ1) is 13.6. The number of carbonyl (C=O) groups excluding carboxylic acids is 2. The quantitative estimate of drug-likeness (QED) is 0.505. The molecule has 0 radical (unpaired) electrons. The van der Waals surface area contributed by atoms with E-state index >= 15 is 0 Å². The van der Waals surface area contributed by atoms with Crippen LogP contribution in [0.15, 0.2) is 53.1 Å². The molecule has 3 aromatic rings. The summed E-state index contributed by atoms with van der Waals surface area (Å²) in [5, 5.41) is 0. The Labute approximate surface area is 125 Å². The molecule has 0 bridgehead atoms. The summed E-state index contributed by atoms with van der Waals surface area (Å²) in [6.07, 6.45) is 4.26. The highest BCUT2D eigenvalue weighted by atomic mass is 16.3. The van der Waals surface area contributed by atoms with E-state index in [0.29, 0.717) is 22.7 Å². The lowest BCUT2D eigenvalue weighted by Crippen LogP contribution is -2.40. The predicted molar refractivity (Wildman–Crippen MR) is 79.4 cm³/mol. The molecule has 7 nitrogen and oxygen atoms in total. The SMILES string of the molecule is O=C(/C=C/c1nc2ccccc2o1)NNC(=O)c1ccc[nH]1. The van der Waals surface area contributed by atoms with Gasteiger partial charge in [0.25, 0.3) is 11.8 Å². The highest BCUT2D eigenvalue weighted by Gasteiger charge is 2.06. The molecule has 2 aromatic heterocycles. The Morgan fingerprint density at radius 3 is 2.77 bits per heavy atom. The minimum absolute atomic E-state index is 0.312. The van der Waals surface area contributed by atoms with Gasteiger partial charge in [0.2, 0.25) is 5.89 Å². The van der Waals surface area contributed by atoms with Gasteiger partial charge in [0.15, 0.2) is 5.58 Å². The van der Waals surface area contributed by atoms with E-state index in [1.807, 2.05) is 18.2 Å². The molecule has 1 aromatic carbocycles. The summed E-state index contributed by atoms with van der Waals surface area (Å²) in [6, 6.07) is 10.6. The number of hydrogen-bond donors (Lipinski definition) is 3. The Hall–Kier alpha value is -3.35. The summed E-state index contributed by atoms with van der Waals surface area (Å²) in [4.78, 5) is 30.1. The number of para-hydroxylation sites is 2. The van der Waals surface area contributed by atoms with Gasteiger partial charge in [-0.15, -0.1) is 0 Å². The van der Waals surface area contributed by atoms with Crippen molar-refractivity contribution in [2.75, 3.05) is 0 Å². The molecule has 0 aliphatic carbocycles. The molecule has 22 heavy (non-hydrogen) atoms. The van der Waals surface area contributed by atoms with E-state index in [2.05, 4.69) is 20.8 Å². The lowest BCUT2D eigenvalue weighted by Gasteiger charge is -2.02. The molecule has 0 aliphatic heterocycles. The molecule has 3 N–H and O–H groups in total. The Morgan fingerprint density at radius 2 is 2.00 bits per heavy atom. The van der Waals surface area contributed by atoms with Gasteiger partial charge in [0.05, 0.1) is 0 Å². The van der Waals surface area contributed by atoms with Gasteiger partial charge in [-0.2, -0.15) is 0 Å². The average Bonchev–Trinajstić information content (AvgIpc) is 3.19. The number of H-pyrrole nitrogens is 1. The molecule has 7 heteroatoms. The maximum Gasteiger partial charge on any atom is 0.286 e. The van der Waals surface area contributed by atoms with Gasteiger partial charge in [0.1, 0.15) is 11.2 Å². The second kappa shape index (κ2) is 5.96. The van der Waals surface area contributed by atoms with Gasteiger partial charge in [-0.1, -0.05) is 12.1 Å². The zero-order valence-electron chi connectivity index (χ0n) is 11.4. The van der Waals surface area contributed by atoms with E-state index in [4.69, 9.17) is 4.42 Å².